The molecule has 0 aliphatic rings. The van der Waals surface area contributed by atoms with E-state index in [-0.39, 0.29) is 0 Å². The Morgan fingerprint density at radius 3 is 2.00 bits per heavy atom. The summed E-state index contributed by atoms with van der Waals surface area (Å²) in [4.78, 5) is 0. The fraction of sp³-hybridized carbons (Fsp3) is 0.625. The smallest absolute Gasteiger partial charge is 0.00342 e. The van der Waals surface area contributed by atoms with Crippen molar-refractivity contribution in [1.29, 1.82) is 0 Å². The highest BCUT2D eigenvalue weighted by Gasteiger charge is 1.81. The first-order valence-electron chi connectivity index (χ1n) is 6.94. The number of unbranched alkanes of at least 4 members (excludes halogenated alkanes) is 5. The number of allylic oxidation sites excluding steroid dienone is 6. The number of alkyl halides is 1. The standard InChI is InChI=1S/C16H27Br/c1-2-3-4-5-6-7-8-9-10-11-12-13-14-15-16-17/h6-7,10-13H,2-5,8-9,14-16H2,1H3. The summed E-state index contributed by atoms with van der Waals surface area (Å²) in [6, 6.07) is 0. The van der Waals surface area contributed by atoms with Gasteiger partial charge in [-0.3, -0.25) is 0 Å². The van der Waals surface area contributed by atoms with E-state index in [0.717, 1.165) is 11.8 Å². The molecular weight excluding hydrogens is 272 g/mol. The molecule has 0 aromatic carbocycles. The molecule has 0 fully saturated rings. The molecule has 0 N–H and O–H groups in total. The van der Waals surface area contributed by atoms with Gasteiger partial charge in [0.1, 0.15) is 0 Å². The van der Waals surface area contributed by atoms with Crippen LogP contribution in [0.25, 0.3) is 0 Å². The lowest BCUT2D eigenvalue weighted by atomic mass is 10.2. The van der Waals surface area contributed by atoms with Gasteiger partial charge in [0.25, 0.3) is 0 Å². The minimum absolute atomic E-state index is 1.10. The summed E-state index contributed by atoms with van der Waals surface area (Å²) in [5, 5.41) is 1.10. The van der Waals surface area contributed by atoms with Crippen molar-refractivity contribution >= 4 is 15.9 Å². The maximum absolute atomic E-state index is 3.42. The Labute approximate surface area is 116 Å². The van der Waals surface area contributed by atoms with E-state index < -0.39 is 0 Å². The highest BCUT2D eigenvalue weighted by Crippen LogP contribution is 2.01. The molecule has 0 aliphatic carbocycles. The largest absolute Gasteiger partial charge is 0.0928 e. The molecule has 0 atom stereocenters. The van der Waals surface area contributed by atoms with Gasteiger partial charge in [-0.15, -0.1) is 0 Å². The van der Waals surface area contributed by atoms with Gasteiger partial charge in [0, 0.05) is 5.33 Å². The molecule has 0 spiro atoms. The van der Waals surface area contributed by atoms with Gasteiger partial charge >= 0.3 is 0 Å². The summed E-state index contributed by atoms with van der Waals surface area (Å²) in [6.45, 7) is 2.25. The summed E-state index contributed by atoms with van der Waals surface area (Å²) in [7, 11) is 0. The average molecular weight is 299 g/mol. The van der Waals surface area contributed by atoms with E-state index in [1.165, 1.54) is 44.9 Å². The summed E-state index contributed by atoms with van der Waals surface area (Å²) >= 11 is 3.42. The van der Waals surface area contributed by atoms with Crippen LogP contribution in [-0.4, -0.2) is 5.33 Å². The maximum Gasteiger partial charge on any atom is 0.00342 e. The second-order valence-corrected chi connectivity index (χ2v) is 5.03. The van der Waals surface area contributed by atoms with Crippen molar-refractivity contribution in [1.82, 2.24) is 0 Å². The number of rotatable bonds is 11. The van der Waals surface area contributed by atoms with Gasteiger partial charge < -0.3 is 0 Å². The van der Waals surface area contributed by atoms with Gasteiger partial charge in [0.2, 0.25) is 0 Å². The molecule has 0 aromatic rings. The fourth-order valence-corrected chi connectivity index (χ4v) is 1.81. The van der Waals surface area contributed by atoms with Crippen LogP contribution in [0.3, 0.4) is 0 Å². The fourth-order valence-electron chi connectivity index (χ4n) is 1.48. The molecule has 17 heavy (non-hydrogen) atoms. The molecule has 0 aromatic heterocycles. The lowest BCUT2D eigenvalue weighted by molar-refractivity contribution is 0.728. The van der Waals surface area contributed by atoms with Crippen LogP contribution >= 0.6 is 15.9 Å². The molecular formula is C16H27Br. The van der Waals surface area contributed by atoms with E-state index in [1.807, 2.05) is 0 Å². The lowest BCUT2D eigenvalue weighted by Gasteiger charge is -1.91. The molecule has 0 nitrogen and oxygen atoms in total. The molecule has 0 amide bonds. The van der Waals surface area contributed by atoms with Crippen LogP contribution < -0.4 is 0 Å². The Morgan fingerprint density at radius 2 is 1.29 bits per heavy atom. The normalized spacial score (nSPS) is 12.4. The van der Waals surface area contributed by atoms with Crippen molar-refractivity contribution < 1.29 is 0 Å². The summed E-state index contributed by atoms with van der Waals surface area (Å²) in [6.07, 6.45) is 23.5. The van der Waals surface area contributed by atoms with Crippen LogP contribution in [0.1, 0.15) is 58.3 Å². The average Bonchev–Trinajstić information content (AvgIpc) is 2.35. The molecule has 1 heteroatoms. The minimum Gasteiger partial charge on any atom is -0.0928 e. The molecule has 0 rings (SSSR count). The third-order valence-electron chi connectivity index (χ3n) is 2.53. The van der Waals surface area contributed by atoms with Gasteiger partial charge in [-0.05, 0) is 38.5 Å². The first kappa shape index (κ1) is 16.7. The molecule has 0 saturated heterocycles. The van der Waals surface area contributed by atoms with E-state index >= 15 is 0 Å². The molecule has 0 unspecified atom stereocenters. The Bertz CT molecular complexity index is 214. The van der Waals surface area contributed by atoms with Gasteiger partial charge in [0.05, 0.1) is 0 Å². The van der Waals surface area contributed by atoms with Crippen molar-refractivity contribution in [2.24, 2.45) is 0 Å². The Kier molecular flexibility index (Phi) is 15.4. The zero-order valence-electron chi connectivity index (χ0n) is 11.2. The SMILES string of the molecule is CCCCCC=CCCC=CC=CCCCBr. The van der Waals surface area contributed by atoms with Crippen LogP contribution in [0, 0.1) is 0 Å². The van der Waals surface area contributed by atoms with Crippen LogP contribution in [0.5, 0.6) is 0 Å². The number of hydrogen-bond donors (Lipinski definition) is 0. The molecule has 0 heterocycles. The monoisotopic (exact) mass is 298 g/mol. The maximum atomic E-state index is 3.42. The number of halogens is 1. The highest BCUT2D eigenvalue weighted by molar-refractivity contribution is 9.09. The molecule has 0 bridgehead atoms. The van der Waals surface area contributed by atoms with Crippen molar-refractivity contribution in [3.8, 4) is 0 Å². The summed E-state index contributed by atoms with van der Waals surface area (Å²) < 4.78 is 0. The first-order chi connectivity index (χ1) is 8.41. The predicted molar refractivity (Wildman–Crippen MR) is 83.8 cm³/mol. The van der Waals surface area contributed by atoms with Gasteiger partial charge in [-0.25, -0.2) is 0 Å². The number of hydrogen-bond acceptors (Lipinski definition) is 0. The van der Waals surface area contributed by atoms with E-state index in [0.29, 0.717) is 0 Å². The van der Waals surface area contributed by atoms with Crippen LogP contribution in [0.4, 0.5) is 0 Å². The molecule has 0 aliphatic heterocycles. The van der Waals surface area contributed by atoms with Crippen molar-refractivity contribution in [3.63, 3.8) is 0 Å². The van der Waals surface area contributed by atoms with Crippen molar-refractivity contribution in [2.45, 2.75) is 58.3 Å². The zero-order chi connectivity index (χ0) is 12.6. The lowest BCUT2D eigenvalue weighted by Crippen LogP contribution is -1.71. The Balaban J connectivity index is 3.26. The van der Waals surface area contributed by atoms with Crippen molar-refractivity contribution in [3.05, 3.63) is 36.5 Å². The molecule has 0 radical (unpaired) electrons. The topological polar surface area (TPSA) is 0 Å². The Morgan fingerprint density at radius 1 is 0.706 bits per heavy atom. The molecule has 98 valence electrons. The first-order valence-corrected chi connectivity index (χ1v) is 8.06. The van der Waals surface area contributed by atoms with Crippen LogP contribution in [0.15, 0.2) is 36.5 Å². The van der Waals surface area contributed by atoms with Gasteiger partial charge in [-0.2, -0.15) is 0 Å². The van der Waals surface area contributed by atoms with Gasteiger partial charge in [0.15, 0.2) is 0 Å². The molecule has 0 saturated carbocycles. The minimum atomic E-state index is 1.10. The second-order valence-electron chi connectivity index (χ2n) is 4.23. The van der Waals surface area contributed by atoms with E-state index in [9.17, 15) is 0 Å². The van der Waals surface area contributed by atoms with E-state index in [2.05, 4.69) is 59.3 Å². The van der Waals surface area contributed by atoms with Gasteiger partial charge in [-0.1, -0.05) is 72.2 Å². The van der Waals surface area contributed by atoms with Crippen LogP contribution in [-0.2, 0) is 0 Å². The third-order valence-corrected chi connectivity index (χ3v) is 3.09. The van der Waals surface area contributed by atoms with Crippen molar-refractivity contribution in [2.75, 3.05) is 5.33 Å². The quantitative estimate of drug-likeness (QED) is 0.185. The van der Waals surface area contributed by atoms with E-state index in [4.69, 9.17) is 0 Å². The van der Waals surface area contributed by atoms with E-state index in [1.54, 1.807) is 0 Å². The summed E-state index contributed by atoms with van der Waals surface area (Å²) in [5.41, 5.74) is 0. The zero-order valence-corrected chi connectivity index (χ0v) is 12.8. The predicted octanol–water partition coefficient (Wildman–Crippen LogP) is 6.19. The third kappa shape index (κ3) is 15.7. The summed E-state index contributed by atoms with van der Waals surface area (Å²) in [5.74, 6) is 0. The Hall–Kier alpha value is -0.300. The van der Waals surface area contributed by atoms with Crippen LogP contribution in [0.2, 0.25) is 0 Å². The highest BCUT2D eigenvalue weighted by atomic mass is 79.9. The second kappa shape index (κ2) is 15.7.